The second-order valence-electron chi connectivity index (χ2n) is 4.31. The van der Waals surface area contributed by atoms with Crippen molar-refractivity contribution < 1.29 is 13.2 Å². The fraction of sp³-hybridized carbons (Fsp3) is 0.455. The first kappa shape index (κ1) is 13.7. The van der Waals surface area contributed by atoms with Crippen LogP contribution in [0, 0.1) is 0 Å². The van der Waals surface area contributed by atoms with Crippen LogP contribution in [0.15, 0.2) is 16.6 Å². The van der Waals surface area contributed by atoms with Crippen molar-refractivity contribution in [2.45, 2.75) is 4.90 Å². The molecular weight excluding hydrogens is 300 g/mol. The Morgan fingerprint density at radius 1 is 1.35 bits per heavy atom. The van der Waals surface area contributed by atoms with E-state index >= 15 is 0 Å². The molecule has 2 aromatic heterocycles. The highest BCUT2D eigenvalue weighted by Gasteiger charge is 2.29. The number of nitrogens with zero attached hydrogens (tertiary/aromatic N) is 3. The molecule has 20 heavy (non-hydrogen) atoms. The number of sulfonamides is 1. The third-order valence-corrected chi connectivity index (χ3v) is 6.19. The normalized spacial score (nSPS) is 17.4. The third-order valence-electron chi connectivity index (χ3n) is 3.18. The van der Waals surface area contributed by atoms with E-state index in [1.165, 1.54) is 29.1 Å². The van der Waals surface area contributed by atoms with Gasteiger partial charge in [0.2, 0.25) is 15.9 Å². The summed E-state index contributed by atoms with van der Waals surface area (Å²) in [4.78, 5) is 8.34. The number of rotatable bonds is 3. The predicted molar refractivity (Wildman–Crippen MR) is 75.6 cm³/mol. The van der Waals surface area contributed by atoms with E-state index in [9.17, 15) is 8.42 Å². The number of thiophene rings is 1. The number of hydrogen-bond acceptors (Lipinski definition) is 7. The molecule has 0 saturated carbocycles. The Bertz CT molecular complexity index is 722. The lowest BCUT2D eigenvalue weighted by atomic mass is 10.4. The Morgan fingerprint density at radius 2 is 2.10 bits per heavy atom. The number of fused-ring (bicyclic) bond motifs is 1. The van der Waals surface area contributed by atoms with E-state index in [0.717, 1.165) is 0 Å². The molecule has 3 heterocycles. The van der Waals surface area contributed by atoms with Gasteiger partial charge in [0.15, 0.2) is 0 Å². The fourth-order valence-electron chi connectivity index (χ4n) is 2.16. The maximum atomic E-state index is 12.7. The van der Waals surface area contributed by atoms with Gasteiger partial charge in [0.1, 0.15) is 21.4 Å². The molecule has 7 nitrogen and oxygen atoms in total. The molecule has 0 radical (unpaired) electrons. The Kier molecular flexibility index (Phi) is 3.59. The Balaban J connectivity index is 2.10. The lowest BCUT2D eigenvalue weighted by Crippen LogP contribution is -2.46. The van der Waals surface area contributed by atoms with Crippen molar-refractivity contribution in [3.8, 4) is 5.88 Å². The summed E-state index contributed by atoms with van der Waals surface area (Å²) in [6, 6.07) is 0. The Hall–Kier alpha value is -1.29. The maximum Gasteiger partial charge on any atom is 0.246 e. The highest BCUT2D eigenvalue weighted by atomic mass is 32.2. The second kappa shape index (κ2) is 5.24. The van der Waals surface area contributed by atoms with E-state index in [1.54, 1.807) is 5.38 Å². The minimum atomic E-state index is -3.51. The van der Waals surface area contributed by atoms with Gasteiger partial charge in [-0.2, -0.15) is 4.31 Å². The van der Waals surface area contributed by atoms with E-state index in [1.807, 2.05) is 0 Å². The molecule has 0 bridgehead atoms. The van der Waals surface area contributed by atoms with E-state index in [4.69, 9.17) is 4.74 Å². The third kappa shape index (κ3) is 2.16. The van der Waals surface area contributed by atoms with Crippen molar-refractivity contribution in [2.24, 2.45) is 0 Å². The summed E-state index contributed by atoms with van der Waals surface area (Å²) in [5.41, 5.74) is 0.431. The molecule has 1 fully saturated rings. The Morgan fingerprint density at radius 3 is 2.80 bits per heavy atom. The summed E-state index contributed by atoms with van der Waals surface area (Å²) < 4.78 is 32.6. The van der Waals surface area contributed by atoms with E-state index in [2.05, 4.69) is 15.3 Å². The largest absolute Gasteiger partial charge is 0.480 e. The number of hydrogen-bond donors (Lipinski definition) is 1. The topological polar surface area (TPSA) is 84.4 Å². The van der Waals surface area contributed by atoms with Gasteiger partial charge in [-0.15, -0.1) is 11.3 Å². The Labute approximate surface area is 120 Å². The van der Waals surface area contributed by atoms with Crippen LogP contribution in [0.2, 0.25) is 0 Å². The molecule has 9 heteroatoms. The quantitative estimate of drug-likeness (QED) is 0.877. The van der Waals surface area contributed by atoms with Gasteiger partial charge < -0.3 is 10.1 Å². The zero-order chi connectivity index (χ0) is 14.2. The van der Waals surface area contributed by atoms with Gasteiger partial charge >= 0.3 is 0 Å². The first-order chi connectivity index (χ1) is 9.64. The molecule has 1 N–H and O–H groups in total. The van der Waals surface area contributed by atoms with Crippen LogP contribution in [-0.4, -0.2) is 56.0 Å². The number of nitrogens with one attached hydrogen (secondary N) is 1. The number of methoxy groups -OCH3 is 1. The molecule has 2 aromatic rings. The van der Waals surface area contributed by atoms with Crippen LogP contribution in [0.1, 0.15) is 0 Å². The monoisotopic (exact) mass is 314 g/mol. The maximum absolute atomic E-state index is 12.7. The molecule has 0 atom stereocenters. The van der Waals surface area contributed by atoms with Gasteiger partial charge in [-0.3, -0.25) is 0 Å². The minimum absolute atomic E-state index is 0.236. The van der Waals surface area contributed by atoms with Crippen LogP contribution in [0.5, 0.6) is 5.88 Å². The van der Waals surface area contributed by atoms with Gasteiger partial charge in [0.05, 0.1) is 7.11 Å². The molecule has 0 amide bonds. The molecule has 1 saturated heterocycles. The number of piperazine rings is 1. The smallest absolute Gasteiger partial charge is 0.246 e. The number of ether oxygens (including phenoxy) is 1. The van der Waals surface area contributed by atoms with Crippen LogP contribution in [0.4, 0.5) is 0 Å². The van der Waals surface area contributed by atoms with Crippen LogP contribution < -0.4 is 10.1 Å². The number of aromatic nitrogens is 2. The van der Waals surface area contributed by atoms with E-state index in [-0.39, 0.29) is 4.90 Å². The van der Waals surface area contributed by atoms with Gasteiger partial charge in [0, 0.05) is 31.6 Å². The zero-order valence-electron chi connectivity index (χ0n) is 10.9. The SMILES string of the molecule is COc1ncnc2c(S(=O)(=O)N3CCNCC3)csc12. The summed E-state index contributed by atoms with van der Waals surface area (Å²) in [7, 11) is -2.01. The lowest BCUT2D eigenvalue weighted by Gasteiger charge is -2.26. The molecule has 1 aliphatic heterocycles. The van der Waals surface area contributed by atoms with E-state index < -0.39 is 10.0 Å². The van der Waals surface area contributed by atoms with Crippen LogP contribution in [-0.2, 0) is 10.0 Å². The molecule has 1 aliphatic rings. The van der Waals surface area contributed by atoms with Gasteiger partial charge in [0.25, 0.3) is 0 Å². The fourth-order valence-corrected chi connectivity index (χ4v) is 5.04. The van der Waals surface area contributed by atoms with Gasteiger partial charge in [-0.25, -0.2) is 18.4 Å². The summed E-state index contributed by atoms with van der Waals surface area (Å²) in [5.74, 6) is 0.404. The molecule has 108 valence electrons. The first-order valence-corrected chi connectivity index (χ1v) is 8.43. The first-order valence-electron chi connectivity index (χ1n) is 6.11. The highest BCUT2D eigenvalue weighted by molar-refractivity contribution is 7.89. The summed E-state index contributed by atoms with van der Waals surface area (Å²) in [5, 5.41) is 4.75. The highest BCUT2D eigenvalue weighted by Crippen LogP contribution is 2.34. The average molecular weight is 314 g/mol. The summed E-state index contributed by atoms with van der Waals surface area (Å²) >= 11 is 1.28. The molecule has 0 unspecified atom stereocenters. The molecule has 0 aliphatic carbocycles. The molecule has 3 rings (SSSR count). The van der Waals surface area contributed by atoms with Crippen molar-refractivity contribution >= 4 is 31.6 Å². The van der Waals surface area contributed by atoms with E-state index in [0.29, 0.717) is 42.3 Å². The van der Waals surface area contributed by atoms with Crippen LogP contribution in [0.3, 0.4) is 0 Å². The van der Waals surface area contributed by atoms with Crippen molar-refractivity contribution in [1.29, 1.82) is 0 Å². The predicted octanol–water partition coefficient (Wildman–Crippen LogP) is 0.294. The van der Waals surface area contributed by atoms with Crippen molar-refractivity contribution in [3.63, 3.8) is 0 Å². The minimum Gasteiger partial charge on any atom is -0.480 e. The van der Waals surface area contributed by atoms with Crippen LogP contribution in [0.25, 0.3) is 10.2 Å². The zero-order valence-corrected chi connectivity index (χ0v) is 12.5. The van der Waals surface area contributed by atoms with Gasteiger partial charge in [-0.05, 0) is 0 Å². The second-order valence-corrected chi connectivity index (χ2v) is 7.10. The molecule has 0 aromatic carbocycles. The van der Waals surface area contributed by atoms with Crippen molar-refractivity contribution in [2.75, 3.05) is 33.3 Å². The van der Waals surface area contributed by atoms with Crippen molar-refractivity contribution in [3.05, 3.63) is 11.7 Å². The van der Waals surface area contributed by atoms with Crippen LogP contribution >= 0.6 is 11.3 Å². The van der Waals surface area contributed by atoms with Crippen molar-refractivity contribution in [1.82, 2.24) is 19.6 Å². The standard InChI is InChI=1S/C11H14N4O3S2/c1-18-11-10-9(13-7-14-11)8(6-19-10)20(16,17)15-4-2-12-3-5-15/h6-7,12H,2-5H2,1H3. The lowest BCUT2D eigenvalue weighted by molar-refractivity contribution is 0.360. The summed E-state index contributed by atoms with van der Waals surface area (Å²) in [6.07, 6.45) is 1.32. The molecular formula is C11H14N4O3S2. The molecule has 0 spiro atoms. The summed E-state index contributed by atoms with van der Waals surface area (Å²) in [6.45, 7) is 2.28. The van der Waals surface area contributed by atoms with Gasteiger partial charge in [-0.1, -0.05) is 0 Å². The average Bonchev–Trinajstić information content (AvgIpc) is 2.92.